The normalized spacial score (nSPS) is 27.9. The maximum atomic E-state index is 6.41. The molecular formula is C14H23NS. The highest BCUT2D eigenvalue weighted by atomic mass is 32.1. The summed E-state index contributed by atoms with van der Waals surface area (Å²) in [6.45, 7) is 4.58. The smallest absolute Gasteiger partial charge is 0.0418 e. The van der Waals surface area contributed by atoms with Crippen LogP contribution in [0.15, 0.2) is 12.1 Å². The lowest BCUT2D eigenvalue weighted by atomic mass is 9.78. The molecule has 1 aliphatic carbocycles. The molecule has 1 aliphatic rings. The molecule has 1 aromatic heterocycles. The van der Waals surface area contributed by atoms with Crippen molar-refractivity contribution in [1.82, 2.24) is 0 Å². The van der Waals surface area contributed by atoms with E-state index in [-0.39, 0.29) is 6.04 Å². The quantitative estimate of drug-likeness (QED) is 0.840. The molecule has 16 heavy (non-hydrogen) atoms. The molecule has 0 spiro atoms. The zero-order valence-corrected chi connectivity index (χ0v) is 11.2. The van der Waals surface area contributed by atoms with Gasteiger partial charge in [-0.05, 0) is 43.2 Å². The Balaban J connectivity index is 2.02. The number of aryl methyl sites for hydroxylation is 1. The van der Waals surface area contributed by atoms with Crippen molar-refractivity contribution in [2.75, 3.05) is 0 Å². The first kappa shape index (κ1) is 12.1. The molecule has 0 aliphatic heterocycles. The fourth-order valence-electron chi connectivity index (χ4n) is 2.80. The van der Waals surface area contributed by atoms with Gasteiger partial charge in [0, 0.05) is 15.8 Å². The van der Waals surface area contributed by atoms with Crippen molar-refractivity contribution in [3.8, 4) is 0 Å². The molecular weight excluding hydrogens is 214 g/mol. The summed E-state index contributed by atoms with van der Waals surface area (Å²) in [5, 5.41) is 0. The van der Waals surface area contributed by atoms with E-state index in [2.05, 4.69) is 26.0 Å². The van der Waals surface area contributed by atoms with E-state index in [1.54, 1.807) is 0 Å². The van der Waals surface area contributed by atoms with Gasteiger partial charge in [-0.1, -0.05) is 26.7 Å². The van der Waals surface area contributed by atoms with E-state index in [0.717, 1.165) is 12.3 Å². The van der Waals surface area contributed by atoms with Crippen molar-refractivity contribution in [3.05, 3.63) is 21.9 Å². The second kappa shape index (κ2) is 5.33. The van der Waals surface area contributed by atoms with Crippen molar-refractivity contribution in [3.63, 3.8) is 0 Å². The van der Waals surface area contributed by atoms with Crippen LogP contribution in [0.4, 0.5) is 0 Å². The lowest BCUT2D eigenvalue weighted by molar-refractivity contribution is 0.249. The van der Waals surface area contributed by atoms with E-state index in [9.17, 15) is 0 Å². The molecule has 0 aromatic carbocycles. The third-order valence-electron chi connectivity index (χ3n) is 3.84. The summed E-state index contributed by atoms with van der Waals surface area (Å²) in [6.07, 6.45) is 6.54. The van der Waals surface area contributed by atoms with E-state index in [4.69, 9.17) is 5.73 Å². The average molecular weight is 237 g/mol. The second-order valence-corrected chi connectivity index (χ2v) is 6.42. The van der Waals surface area contributed by atoms with Crippen LogP contribution in [0.25, 0.3) is 0 Å². The van der Waals surface area contributed by atoms with Crippen molar-refractivity contribution in [2.45, 2.75) is 52.0 Å². The molecule has 90 valence electrons. The van der Waals surface area contributed by atoms with Crippen LogP contribution < -0.4 is 5.73 Å². The van der Waals surface area contributed by atoms with Gasteiger partial charge in [-0.3, -0.25) is 0 Å². The Morgan fingerprint density at radius 2 is 2.25 bits per heavy atom. The van der Waals surface area contributed by atoms with Crippen LogP contribution in [-0.4, -0.2) is 0 Å². The summed E-state index contributed by atoms with van der Waals surface area (Å²) < 4.78 is 0. The third kappa shape index (κ3) is 2.67. The van der Waals surface area contributed by atoms with E-state index < -0.39 is 0 Å². The minimum atomic E-state index is 0.285. The summed E-state index contributed by atoms with van der Waals surface area (Å²) >= 11 is 1.91. The Bertz CT molecular complexity index is 331. The van der Waals surface area contributed by atoms with Gasteiger partial charge in [0.15, 0.2) is 0 Å². The number of nitrogens with two attached hydrogens (primary N) is 1. The predicted molar refractivity (Wildman–Crippen MR) is 71.7 cm³/mol. The van der Waals surface area contributed by atoms with Gasteiger partial charge >= 0.3 is 0 Å². The van der Waals surface area contributed by atoms with Crippen LogP contribution in [0.2, 0.25) is 0 Å². The summed E-state index contributed by atoms with van der Waals surface area (Å²) in [7, 11) is 0. The molecule has 2 N–H and O–H groups in total. The fourth-order valence-corrected chi connectivity index (χ4v) is 3.85. The molecule has 0 bridgehead atoms. The summed E-state index contributed by atoms with van der Waals surface area (Å²) in [5.41, 5.74) is 6.41. The highest BCUT2D eigenvalue weighted by Crippen LogP contribution is 2.37. The molecule has 1 aromatic rings. The van der Waals surface area contributed by atoms with Gasteiger partial charge in [0.05, 0.1) is 0 Å². The fraction of sp³-hybridized carbons (Fsp3) is 0.714. The van der Waals surface area contributed by atoms with Crippen LogP contribution in [-0.2, 0) is 6.42 Å². The van der Waals surface area contributed by atoms with Crippen LogP contribution in [0.5, 0.6) is 0 Å². The van der Waals surface area contributed by atoms with Crippen molar-refractivity contribution in [2.24, 2.45) is 17.6 Å². The molecule has 2 heteroatoms. The number of hydrogen-bond acceptors (Lipinski definition) is 2. The Labute approximate surface area is 103 Å². The van der Waals surface area contributed by atoms with Gasteiger partial charge in [0.2, 0.25) is 0 Å². The molecule has 0 radical (unpaired) electrons. The summed E-state index contributed by atoms with van der Waals surface area (Å²) in [5.74, 6) is 1.59. The topological polar surface area (TPSA) is 26.0 Å². The first-order valence-electron chi connectivity index (χ1n) is 6.55. The average Bonchev–Trinajstić information content (AvgIpc) is 2.76. The monoisotopic (exact) mass is 237 g/mol. The standard InChI is InChI=1S/C14H23NS/c1-3-12-7-8-13(16-12)14(15)11-6-4-5-10(2)9-11/h7-8,10-11,14H,3-6,9,15H2,1-2H3. The van der Waals surface area contributed by atoms with Gasteiger partial charge < -0.3 is 5.73 Å². The van der Waals surface area contributed by atoms with E-state index >= 15 is 0 Å². The van der Waals surface area contributed by atoms with Crippen molar-refractivity contribution >= 4 is 11.3 Å². The molecule has 1 fully saturated rings. The summed E-state index contributed by atoms with van der Waals surface area (Å²) in [4.78, 5) is 2.87. The zero-order chi connectivity index (χ0) is 11.5. The first-order valence-corrected chi connectivity index (χ1v) is 7.36. The maximum absolute atomic E-state index is 6.41. The molecule has 2 rings (SSSR count). The molecule has 1 saturated carbocycles. The largest absolute Gasteiger partial charge is 0.323 e. The highest BCUT2D eigenvalue weighted by molar-refractivity contribution is 7.12. The van der Waals surface area contributed by atoms with E-state index in [1.807, 2.05) is 11.3 Å². The minimum absolute atomic E-state index is 0.285. The van der Waals surface area contributed by atoms with Gasteiger partial charge in [-0.25, -0.2) is 0 Å². The minimum Gasteiger partial charge on any atom is -0.323 e. The SMILES string of the molecule is CCc1ccc(C(N)C2CCCC(C)C2)s1. The van der Waals surface area contributed by atoms with Gasteiger partial charge in [-0.2, -0.15) is 0 Å². The highest BCUT2D eigenvalue weighted by Gasteiger charge is 2.25. The van der Waals surface area contributed by atoms with Crippen molar-refractivity contribution in [1.29, 1.82) is 0 Å². The van der Waals surface area contributed by atoms with E-state index in [1.165, 1.54) is 35.4 Å². The van der Waals surface area contributed by atoms with Gasteiger partial charge in [0.1, 0.15) is 0 Å². The maximum Gasteiger partial charge on any atom is 0.0418 e. The molecule has 1 heterocycles. The molecule has 0 saturated heterocycles. The summed E-state index contributed by atoms with van der Waals surface area (Å²) in [6, 6.07) is 4.77. The predicted octanol–water partition coefficient (Wildman–Crippen LogP) is 4.14. The zero-order valence-electron chi connectivity index (χ0n) is 10.4. The molecule has 1 nitrogen and oxygen atoms in total. The lowest BCUT2D eigenvalue weighted by Crippen LogP contribution is -2.25. The van der Waals surface area contributed by atoms with Crippen LogP contribution in [0.1, 0.15) is 55.3 Å². The van der Waals surface area contributed by atoms with Crippen molar-refractivity contribution < 1.29 is 0 Å². The lowest BCUT2D eigenvalue weighted by Gasteiger charge is -2.30. The Hall–Kier alpha value is -0.340. The molecule has 3 unspecified atom stereocenters. The number of rotatable bonds is 3. The third-order valence-corrected chi connectivity index (χ3v) is 5.18. The Kier molecular flexibility index (Phi) is 4.04. The number of hydrogen-bond donors (Lipinski definition) is 1. The Morgan fingerprint density at radius 1 is 1.44 bits per heavy atom. The van der Waals surface area contributed by atoms with Crippen LogP contribution >= 0.6 is 11.3 Å². The second-order valence-electron chi connectivity index (χ2n) is 5.22. The Morgan fingerprint density at radius 3 is 2.88 bits per heavy atom. The number of thiophene rings is 1. The van der Waals surface area contributed by atoms with Crippen LogP contribution in [0.3, 0.4) is 0 Å². The first-order chi connectivity index (χ1) is 7.70. The van der Waals surface area contributed by atoms with E-state index in [0.29, 0.717) is 5.92 Å². The van der Waals surface area contributed by atoms with Gasteiger partial charge in [0.25, 0.3) is 0 Å². The van der Waals surface area contributed by atoms with Crippen LogP contribution in [0, 0.1) is 11.8 Å². The molecule has 0 amide bonds. The van der Waals surface area contributed by atoms with Gasteiger partial charge in [-0.15, -0.1) is 11.3 Å². The molecule has 3 atom stereocenters.